The lowest BCUT2D eigenvalue weighted by molar-refractivity contribution is -0.121. The van der Waals surface area contributed by atoms with Gasteiger partial charge in [-0.05, 0) is 31.1 Å². The highest BCUT2D eigenvalue weighted by atomic mass is 79.9. The largest absolute Gasteiger partial charge is 0.356 e. The van der Waals surface area contributed by atoms with Crippen LogP contribution >= 0.6 is 15.9 Å². The molecule has 1 amide bonds. The summed E-state index contributed by atoms with van der Waals surface area (Å²) >= 11 is 3.76. The number of carbonyl (C=O) groups excluding carboxylic acids is 1. The van der Waals surface area contributed by atoms with Gasteiger partial charge in [-0.1, -0.05) is 60.9 Å². The maximum atomic E-state index is 11.9. The summed E-state index contributed by atoms with van der Waals surface area (Å²) in [6.45, 7) is 0.874. The normalized spacial score (nSPS) is 29.1. The van der Waals surface area contributed by atoms with Crippen molar-refractivity contribution in [2.45, 2.75) is 75.5 Å². The van der Waals surface area contributed by atoms with Crippen LogP contribution in [0.4, 0.5) is 0 Å². The van der Waals surface area contributed by atoms with Crippen LogP contribution in [0.25, 0.3) is 0 Å². The van der Waals surface area contributed by atoms with Gasteiger partial charge in [0.15, 0.2) is 0 Å². The number of halogens is 1. The maximum Gasteiger partial charge on any atom is 0.220 e. The van der Waals surface area contributed by atoms with E-state index in [0.29, 0.717) is 10.7 Å². The van der Waals surface area contributed by atoms with E-state index in [-0.39, 0.29) is 5.91 Å². The second kappa shape index (κ2) is 8.28. The predicted octanol–water partition coefficient (Wildman–Crippen LogP) is 4.42. The zero-order chi connectivity index (χ0) is 13.5. The summed E-state index contributed by atoms with van der Waals surface area (Å²) in [5.74, 6) is 1.74. The van der Waals surface area contributed by atoms with Gasteiger partial charge in [-0.15, -0.1) is 0 Å². The van der Waals surface area contributed by atoms with Crippen LogP contribution in [-0.2, 0) is 4.79 Å². The van der Waals surface area contributed by atoms with E-state index in [4.69, 9.17) is 0 Å². The Morgan fingerprint density at radius 1 is 1.00 bits per heavy atom. The Bertz CT molecular complexity index is 276. The van der Waals surface area contributed by atoms with Gasteiger partial charge >= 0.3 is 0 Å². The molecule has 2 nitrogen and oxygen atoms in total. The zero-order valence-corrected chi connectivity index (χ0v) is 13.6. The molecule has 110 valence electrons. The Kier molecular flexibility index (Phi) is 6.69. The van der Waals surface area contributed by atoms with Crippen LogP contribution in [0.15, 0.2) is 0 Å². The Morgan fingerprint density at radius 3 is 2.42 bits per heavy atom. The van der Waals surface area contributed by atoms with Gasteiger partial charge in [-0.2, -0.15) is 0 Å². The van der Waals surface area contributed by atoms with Gasteiger partial charge in [0.1, 0.15) is 0 Å². The molecule has 3 heteroatoms. The minimum absolute atomic E-state index is 0.274. The van der Waals surface area contributed by atoms with Gasteiger partial charge in [0, 0.05) is 17.8 Å². The van der Waals surface area contributed by atoms with Gasteiger partial charge in [-0.25, -0.2) is 0 Å². The van der Waals surface area contributed by atoms with Crippen molar-refractivity contribution in [2.75, 3.05) is 6.54 Å². The molecule has 2 fully saturated rings. The van der Waals surface area contributed by atoms with E-state index in [9.17, 15) is 4.79 Å². The Hall–Kier alpha value is -0.0500. The summed E-state index contributed by atoms with van der Waals surface area (Å²) in [5.41, 5.74) is 0. The zero-order valence-electron chi connectivity index (χ0n) is 12.0. The van der Waals surface area contributed by atoms with Crippen molar-refractivity contribution in [3.05, 3.63) is 0 Å². The highest BCUT2D eigenvalue weighted by Gasteiger charge is 2.23. The van der Waals surface area contributed by atoms with Gasteiger partial charge in [-0.3, -0.25) is 4.79 Å². The molecular weight excluding hydrogens is 302 g/mol. The van der Waals surface area contributed by atoms with Gasteiger partial charge in [0.2, 0.25) is 5.91 Å². The number of nitrogens with one attached hydrogen (secondary N) is 1. The lowest BCUT2D eigenvalue weighted by atomic mass is 9.86. The maximum absolute atomic E-state index is 11.9. The number of hydrogen-bond donors (Lipinski definition) is 1. The molecule has 0 radical (unpaired) electrons. The van der Waals surface area contributed by atoms with Crippen LogP contribution in [0.5, 0.6) is 0 Å². The average Bonchev–Trinajstić information content (AvgIpc) is 2.45. The number of hydrogen-bond acceptors (Lipinski definition) is 1. The second-order valence-corrected chi connectivity index (χ2v) is 7.58. The third-order valence-electron chi connectivity index (χ3n) is 4.88. The fourth-order valence-electron chi connectivity index (χ4n) is 3.54. The van der Waals surface area contributed by atoms with Crippen LogP contribution in [-0.4, -0.2) is 17.3 Å². The fourth-order valence-corrected chi connectivity index (χ4v) is 4.31. The van der Waals surface area contributed by atoms with Crippen molar-refractivity contribution in [1.29, 1.82) is 0 Å². The molecule has 0 aromatic heterocycles. The van der Waals surface area contributed by atoms with Crippen LogP contribution < -0.4 is 5.32 Å². The third kappa shape index (κ3) is 5.45. The molecule has 1 N–H and O–H groups in total. The van der Waals surface area contributed by atoms with E-state index in [2.05, 4.69) is 21.2 Å². The quantitative estimate of drug-likeness (QED) is 0.743. The standard InChI is InChI=1S/C16H28BrNO/c17-15-9-5-4-8-14(15)12-18-16(19)11-10-13-6-2-1-3-7-13/h13-15H,1-12H2,(H,18,19). The molecule has 0 saturated heterocycles. The number of rotatable bonds is 5. The summed E-state index contributed by atoms with van der Waals surface area (Å²) in [7, 11) is 0. The molecule has 0 aliphatic heterocycles. The topological polar surface area (TPSA) is 29.1 Å². The predicted molar refractivity (Wildman–Crippen MR) is 83.5 cm³/mol. The molecule has 2 rings (SSSR count). The minimum atomic E-state index is 0.274. The van der Waals surface area contributed by atoms with E-state index in [0.717, 1.165) is 25.3 Å². The number of alkyl halides is 1. The molecule has 2 aliphatic carbocycles. The molecule has 2 saturated carbocycles. The summed E-state index contributed by atoms with van der Waals surface area (Å²) in [6, 6.07) is 0. The molecule has 2 atom stereocenters. The first kappa shape index (κ1) is 15.3. The molecule has 0 bridgehead atoms. The van der Waals surface area contributed by atoms with E-state index < -0.39 is 0 Å². The molecular formula is C16H28BrNO. The van der Waals surface area contributed by atoms with Crippen molar-refractivity contribution >= 4 is 21.8 Å². The molecule has 19 heavy (non-hydrogen) atoms. The molecule has 0 spiro atoms. The van der Waals surface area contributed by atoms with Crippen molar-refractivity contribution in [3.63, 3.8) is 0 Å². The van der Waals surface area contributed by atoms with Crippen molar-refractivity contribution in [3.8, 4) is 0 Å². The van der Waals surface area contributed by atoms with Crippen LogP contribution in [0.1, 0.15) is 70.6 Å². The summed E-state index contributed by atoms with van der Waals surface area (Å²) in [4.78, 5) is 12.5. The van der Waals surface area contributed by atoms with E-state index in [1.807, 2.05) is 0 Å². The lowest BCUT2D eigenvalue weighted by Crippen LogP contribution is -2.34. The van der Waals surface area contributed by atoms with E-state index in [1.165, 1.54) is 57.8 Å². The highest BCUT2D eigenvalue weighted by molar-refractivity contribution is 9.09. The van der Waals surface area contributed by atoms with E-state index in [1.54, 1.807) is 0 Å². The summed E-state index contributed by atoms with van der Waals surface area (Å²) in [5, 5.41) is 3.15. The second-order valence-electron chi connectivity index (χ2n) is 6.41. The Balaban J connectivity index is 1.58. The van der Waals surface area contributed by atoms with Crippen LogP contribution in [0.2, 0.25) is 0 Å². The van der Waals surface area contributed by atoms with Gasteiger partial charge in [0.05, 0.1) is 0 Å². The van der Waals surface area contributed by atoms with Crippen molar-refractivity contribution in [1.82, 2.24) is 5.32 Å². The highest BCUT2D eigenvalue weighted by Crippen LogP contribution is 2.29. The smallest absolute Gasteiger partial charge is 0.220 e. The molecule has 2 aliphatic rings. The monoisotopic (exact) mass is 329 g/mol. The first-order valence-electron chi connectivity index (χ1n) is 8.16. The summed E-state index contributed by atoms with van der Waals surface area (Å²) in [6.07, 6.45) is 13.9. The van der Waals surface area contributed by atoms with Gasteiger partial charge < -0.3 is 5.32 Å². The molecule has 0 aromatic carbocycles. The molecule has 0 aromatic rings. The van der Waals surface area contributed by atoms with Crippen LogP contribution in [0.3, 0.4) is 0 Å². The average molecular weight is 330 g/mol. The molecule has 0 heterocycles. The van der Waals surface area contributed by atoms with Crippen LogP contribution in [0, 0.1) is 11.8 Å². The van der Waals surface area contributed by atoms with Crippen molar-refractivity contribution < 1.29 is 4.79 Å². The van der Waals surface area contributed by atoms with E-state index >= 15 is 0 Å². The Morgan fingerprint density at radius 2 is 1.68 bits per heavy atom. The van der Waals surface area contributed by atoms with Crippen molar-refractivity contribution in [2.24, 2.45) is 11.8 Å². The lowest BCUT2D eigenvalue weighted by Gasteiger charge is -2.27. The first-order chi connectivity index (χ1) is 9.25. The summed E-state index contributed by atoms with van der Waals surface area (Å²) < 4.78 is 0. The SMILES string of the molecule is O=C(CCC1CCCCC1)NCC1CCCCC1Br. The third-order valence-corrected chi connectivity index (χ3v) is 6.09. The number of carbonyl (C=O) groups is 1. The molecule has 2 unspecified atom stereocenters. The Labute approximate surface area is 126 Å². The fraction of sp³-hybridized carbons (Fsp3) is 0.938. The minimum Gasteiger partial charge on any atom is -0.356 e. The number of amides is 1. The first-order valence-corrected chi connectivity index (χ1v) is 9.08. The van der Waals surface area contributed by atoms with Gasteiger partial charge in [0.25, 0.3) is 0 Å².